The molecule has 3 aromatic rings. The summed E-state index contributed by atoms with van der Waals surface area (Å²) in [4.78, 5) is 31.9. The number of nitrogens with zero attached hydrogens (tertiary/aromatic N) is 3. The number of nitrogens with one attached hydrogen (secondary N) is 1. The van der Waals surface area contributed by atoms with Gasteiger partial charge in [-0.3, -0.25) is 19.5 Å². The van der Waals surface area contributed by atoms with Crippen LogP contribution in [-0.2, 0) is 14.3 Å². The van der Waals surface area contributed by atoms with Gasteiger partial charge < -0.3 is 19.1 Å². The van der Waals surface area contributed by atoms with Gasteiger partial charge in [-0.1, -0.05) is 37.3 Å². The first-order valence-corrected chi connectivity index (χ1v) is 12.1. The van der Waals surface area contributed by atoms with Crippen molar-refractivity contribution in [2.24, 2.45) is 0 Å². The number of amides is 2. The predicted molar refractivity (Wildman–Crippen MR) is 137 cm³/mol. The monoisotopic (exact) mass is 492 g/mol. The first kappa shape index (κ1) is 25.2. The van der Waals surface area contributed by atoms with Gasteiger partial charge >= 0.3 is 0 Å². The van der Waals surface area contributed by atoms with Crippen molar-refractivity contribution in [1.82, 2.24) is 14.5 Å². The Kier molecular flexibility index (Phi) is 8.22. The molecule has 9 heteroatoms. The van der Waals surface area contributed by atoms with Crippen molar-refractivity contribution in [1.29, 1.82) is 0 Å². The summed E-state index contributed by atoms with van der Waals surface area (Å²) in [6.07, 6.45) is 3.99. The van der Waals surface area contributed by atoms with Crippen LogP contribution in [0.15, 0.2) is 54.7 Å². The van der Waals surface area contributed by atoms with E-state index in [4.69, 9.17) is 19.2 Å². The second-order valence-electron chi connectivity index (χ2n) is 8.54. The molecule has 1 atom stereocenters. The lowest BCUT2D eigenvalue weighted by Crippen LogP contribution is -2.42. The highest BCUT2D eigenvalue weighted by molar-refractivity contribution is 5.94. The molecular formula is C27H32N4O5. The van der Waals surface area contributed by atoms with Crippen molar-refractivity contribution in [3.63, 3.8) is 0 Å². The molecule has 1 aliphatic rings. The van der Waals surface area contributed by atoms with E-state index in [1.807, 2.05) is 48.7 Å². The third-order valence-corrected chi connectivity index (χ3v) is 6.11. The number of imidazole rings is 1. The van der Waals surface area contributed by atoms with Gasteiger partial charge in [-0.2, -0.15) is 0 Å². The van der Waals surface area contributed by atoms with Gasteiger partial charge in [-0.05, 0) is 25.0 Å². The van der Waals surface area contributed by atoms with E-state index in [1.165, 1.54) is 0 Å². The van der Waals surface area contributed by atoms with Crippen molar-refractivity contribution in [3.8, 4) is 28.4 Å². The molecule has 36 heavy (non-hydrogen) atoms. The Morgan fingerprint density at radius 2 is 1.92 bits per heavy atom. The van der Waals surface area contributed by atoms with Gasteiger partial charge in [-0.25, -0.2) is 4.98 Å². The van der Waals surface area contributed by atoms with Gasteiger partial charge in [0.15, 0.2) is 11.5 Å². The number of ether oxygens (including phenoxy) is 3. The fourth-order valence-electron chi connectivity index (χ4n) is 4.24. The molecule has 2 amide bonds. The Bertz CT molecular complexity index is 1190. The van der Waals surface area contributed by atoms with E-state index in [0.29, 0.717) is 42.7 Å². The topological polar surface area (TPSA) is 94.9 Å². The van der Waals surface area contributed by atoms with Crippen LogP contribution in [-0.4, -0.2) is 66.3 Å². The molecule has 9 nitrogen and oxygen atoms in total. The number of methoxy groups -OCH3 is 2. The summed E-state index contributed by atoms with van der Waals surface area (Å²) in [5, 5.41) is 2.91. The summed E-state index contributed by atoms with van der Waals surface area (Å²) in [6, 6.07) is 15.2. The Balaban J connectivity index is 1.62. The number of aromatic nitrogens is 2. The van der Waals surface area contributed by atoms with Crippen molar-refractivity contribution >= 4 is 17.8 Å². The molecule has 1 aliphatic heterocycles. The average molecular weight is 493 g/mol. The standard InChI is InChI=1S/C27H32N4O5/c1-4-26(33)30(16-21-11-8-14-36-21)18-25(32)29-27-28-22(19-9-6-5-7-10-19)17-31(27)20-12-13-23(34-2)24(15-20)35-3/h5-7,9-10,12-13,15,17,21H,4,8,11,14,16,18H2,1-3H3,(H,28,29,32)/t21-/m0/s1. The maximum absolute atomic E-state index is 13.1. The lowest BCUT2D eigenvalue weighted by atomic mass is 10.2. The van der Waals surface area contributed by atoms with E-state index >= 15 is 0 Å². The average Bonchev–Trinajstić information content (AvgIpc) is 3.58. The van der Waals surface area contributed by atoms with Gasteiger partial charge in [-0.15, -0.1) is 0 Å². The van der Waals surface area contributed by atoms with Crippen LogP contribution < -0.4 is 14.8 Å². The van der Waals surface area contributed by atoms with Gasteiger partial charge in [0.25, 0.3) is 0 Å². The minimum atomic E-state index is -0.332. The zero-order chi connectivity index (χ0) is 25.5. The molecule has 1 N–H and O–H groups in total. The van der Waals surface area contributed by atoms with Gasteiger partial charge in [0.2, 0.25) is 17.8 Å². The fourth-order valence-corrected chi connectivity index (χ4v) is 4.24. The maximum atomic E-state index is 13.1. The highest BCUT2D eigenvalue weighted by Gasteiger charge is 2.24. The maximum Gasteiger partial charge on any atom is 0.246 e. The molecule has 4 rings (SSSR count). The second kappa shape index (κ2) is 11.7. The first-order chi connectivity index (χ1) is 17.5. The van der Waals surface area contributed by atoms with Crippen molar-refractivity contribution in [3.05, 3.63) is 54.7 Å². The minimum Gasteiger partial charge on any atom is -0.493 e. The Labute approximate surface area is 211 Å². The van der Waals surface area contributed by atoms with E-state index < -0.39 is 0 Å². The van der Waals surface area contributed by atoms with Crippen LogP contribution in [0.2, 0.25) is 0 Å². The summed E-state index contributed by atoms with van der Waals surface area (Å²) in [5.74, 6) is 1.07. The lowest BCUT2D eigenvalue weighted by molar-refractivity contribution is -0.135. The zero-order valence-electron chi connectivity index (χ0n) is 20.9. The normalized spacial score (nSPS) is 14.9. The van der Waals surface area contributed by atoms with Crippen LogP contribution in [0.1, 0.15) is 26.2 Å². The zero-order valence-corrected chi connectivity index (χ0v) is 20.9. The molecule has 190 valence electrons. The van der Waals surface area contributed by atoms with Crippen LogP contribution in [0, 0.1) is 0 Å². The minimum absolute atomic E-state index is 0.0354. The van der Waals surface area contributed by atoms with E-state index in [1.54, 1.807) is 36.7 Å². The number of carbonyl (C=O) groups excluding carboxylic acids is 2. The van der Waals surface area contributed by atoms with Gasteiger partial charge in [0, 0.05) is 37.4 Å². The largest absolute Gasteiger partial charge is 0.493 e. The highest BCUT2D eigenvalue weighted by atomic mass is 16.5. The Hall–Kier alpha value is -3.85. The van der Waals surface area contributed by atoms with Gasteiger partial charge in [0.05, 0.1) is 31.7 Å². The predicted octanol–water partition coefficient (Wildman–Crippen LogP) is 3.91. The SMILES string of the molecule is CCC(=O)N(CC(=O)Nc1nc(-c2ccccc2)cn1-c1ccc(OC)c(OC)c1)C[C@@H]1CCCO1. The van der Waals surface area contributed by atoms with E-state index in [2.05, 4.69) is 5.32 Å². The van der Waals surface area contributed by atoms with E-state index in [0.717, 1.165) is 24.1 Å². The molecular weight excluding hydrogens is 460 g/mol. The number of carbonyl (C=O) groups is 2. The molecule has 0 saturated carbocycles. The third-order valence-electron chi connectivity index (χ3n) is 6.11. The van der Waals surface area contributed by atoms with Crippen LogP contribution >= 0.6 is 0 Å². The summed E-state index contributed by atoms with van der Waals surface area (Å²) >= 11 is 0. The Morgan fingerprint density at radius 3 is 2.58 bits per heavy atom. The van der Waals surface area contributed by atoms with Crippen LogP contribution in [0.25, 0.3) is 16.9 Å². The summed E-state index contributed by atoms with van der Waals surface area (Å²) in [6.45, 7) is 2.81. The molecule has 2 heterocycles. The fraction of sp³-hybridized carbons (Fsp3) is 0.370. The number of hydrogen-bond donors (Lipinski definition) is 1. The molecule has 0 unspecified atom stereocenters. The molecule has 1 aromatic heterocycles. The van der Waals surface area contributed by atoms with Gasteiger partial charge in [0.1, 0.15) is 6.54 Å². The van der Waals surface area contributed by atoms with Crippen molar-refractivity contribution in [2.45, 2.75) is 32.3 Å². The summed E-state index contributed by atoms with van der Waals surface area (Å²) in [7, 11) is 3.15. The first-order valence-electron chi connectivity index (χ1n) is 12.1. The number of benzene rings is 2. The molecule has 1 fully saturated rings. The van der Waals surface area contributed by atoms with Crippen LogP contribution in [0.5, 0.6) is 11.5 Å². The Morgan fingerprint density at radius 1 is 1.14 bits per heavy atom. The smallest absolute Gasteiger partial charge is 0.246 e. The summed E-state index contributed by atoms with van der Waals surface area (Å²) < 4.78 is 18.3. The lowest BCUT2D eigenvalue weighted by Gasteiger charge is -2.24. The molecule has 0 radical (unpaired) electrons. The number of hydrogen-bond acceptors (Lipinski definition) is 6. The molecule has 0 bridgehead atoms. The van der Waals surface area contributed by atoms with Crippen LogP contribution in [0.3, 0.4) is 0 Å². The second-order valence-corrected chi connectivity index (χ2v) is 8.54. The van der Waals surface area contributed by atoms with Crippen molar-refractivity contribution < 1.29 is 23.8 Å². The third kappa shape index (κ3) is 5.85. The van der Waals surface area contributed by atoms with E-state index in [-0.39, 0.29) is 24.5 Å². The number of rotatable bonds is 10. The quantitative estimate of drug-likeness (QED) is 0.461. The van der Waals surface area contributed by atoms with Crippen LogP contribution in [0.4, 0.5) is 5.95 Å². The van der Waals surface area contributed by atoms with E-state index in [9.17, 15) is 9.59 Å². The number of anilines is 1. The van der Waals surface area contributed by atoms with Crippen molar-refractivity contribution in [2.75, 3.05) is 39.2 Å². The molecule has 0 aliphatic carbocycles. The molecule has 2 aromatic carbocycles. The summed E-state index contributed by atoms with van der Waals surface area (Å²) in [5.41, 5.74) is 2.34. The highest BCUT2D eigenvalue weighted by Crippen LogP contribution is 2.31. The molecule has 0 spiro atoms. The molecule has 1 saturated heterocycles.